The zero-order valence-electron chi connectivity index (χ0n) is 13.5. The Hall–Kier alpha value is -2.12. The third-order valence-corrected chi connectivity index (χ3v) is 3.94. The van der Waals surface area contributed by atoms with E-state index in [1.165, 1.54) is 0 Å². The van der Waals surface area contributed by atoms with Crippen molar-refractivity contribution in [1.82, 2.24) is 20.4 Å². The lowest BCUT2D eigenvalue weighted by Gasteiger charge is -2.30. The summed E-state index contributed by atoms with van der Waals surface area (Å²) in [7, 11) is 3.72. The first-order valence-electron chi connectivity index (χ1n) is 7.76. The van der Waals surface area contributed by atoms with Gasteiger partial charge < -0.3 is 19.3 Å². The van der Waals surface area contributed by atoms with Crippen LogP contribution >= 0.6 is 0 Å². The Labute approximate surface area is 135 Å². The molecule has 2 heterocycles. The van der Waals surface area contributed by atoms with E-state index in [-0.39, 0.29) is 6.04 Å². The zero-order valence-corrected chi connectivity index (χ0v) is 13.5. The molecule has 3 rings (SSSR count). The van der Waals surface area contributed by atoms with E-state index in [1.807, 2.05) is 24.3 Å². The van der Waals surface area contributed by atoms with E-state index >= 15 is 0 Å². The topological polar surface area (TPSA) is 72.7 Å². The van der Waals surface area contributed by atoms with Crippen molar-refractivity contribution in [3.63, 3.8) is 0 Å². The third-order valence-electron chi connectivity index (χ3n) is 3.94. The number of methoxy groups -OCH3 is 1. The second-order valence-corrected chi connectivity index (χ2v) is 5.52. The van der Waals surface area contributed by atoms with Gasteiger partial charge in [-0.15, -0.1) is 0 Å². The number of rotatable bonds is 6. The second kappa shape index (κ2) is 7.43. The zero-order chi connectivity index (χ0) is 16.1. The summed E-state index contributed by atoms with van der Waals surface area (Å²) in [5, 5.41) is 7.45. The van der Waals surface area contributed by atoms with Crippen LogP contribution in [0.1, 0.15) is 17.8 Å². The number of nitrogens with one attached hydrogen (secondary N) is 1. The molecule has 1 N–H and O–H groups in total. The number of hydrogen-bond acceptors (Lipinski definition) is 7. The highest BCUT2D eigenvalue weighted by Crippen LogP contribution is 2.19. The van der Waals surface area contributed by atoms with Gasteiger partial charge in [-0.3, -0.25) is 4.90 Å². The SMILES string of the molecule is COc1ccc(OCCc2nc(C3CNCCN3C)no2)cc1. The van der Waals surface area contributed by atoms with Gasteiger partial charge in [-0.05, 0) is 31.3 Å². The van der Waals surface area contributed by atoms with Crippen molar-refractivity contribution in [2.45, 2.75) is 12.5 Å². The monoisotopic (exact) mass is 318 g/mol. The van der Waals surface area contributed by atoms with Crippen LogP contribution in [-0.4, -0.2) is 55.4 Å². The number of nitrogens with zero attached hydrogens (tertiary/aromatic N) is 3. The van der Waals surface area contributed by atoms with Gasteiger partial charge in [0.25, 0.3) is 0 Å². The van der Waals surface area contributed by atoms with E-state index in [2.05, 4.69) is 27.4 Å². The number of aromatic nitrogens is 2. The summed E-state index contributed by atoms with van der Waals surface area (Å²) in [6.07, 6.45) is 0.586. The van der Waals surface area contributed by atoms with Crippen LogP contribution in [0.3, 0.4) is 0 Å². The molecule has 1 aliphatic rings. The Morgan fingerprint density at radius 3 is 2.83 bits per heavy atom. The molecule has 0 amide bonds. The fourth-order valence-corrected chi connectivity index (χ4v) is 2.53. The maximum Gasteiger partial charge on any atom is 0.230 e. The molecule has 124 valence electrons. The van der Waals surface area contributed by atoms with Crippen LogP contribution in [0.2, 0.25) is 0 Å². The van der Waals surface area contributed by atoms with Gasteiger partial charge in [0, 0.05) is 19.6 Å². The summed E-state index contributed by atoms with van der Waals surface area (Å²) in [6.45, 7) is 3.31. The van der Waals surface area contributed by atoms with Crippen molar-refractivity contribution in [2.75, 3.05) is 40.4 Å². The summed E-state index contributed by atoms with van der Waals surface area (Å²) < 4.78 is 16.1. The minimum atomic E-state index is 0.170. The first-order valence-corrected chi connectivity index (χ1v) is 7.76. The first kappa shape index (κ1) is 15.8. The van der Waals surface area contributed by atoms with Crippen LogP contribution in [0.15, 0.2) is 28.8 Å². The third kappa shape index (κ3) is 4.00. The Kier molecular flexibility index (Phi) is 5.09. The van der Waals surface area contributed by atoms with Gasteiger partial charge in [-0.2, -0.15) is 4.98 Å². The fraction of sp³-hybridized carbons (Fsp3) is 0.500. The molecule has 1 aromatic carbocycles. The summed E-state index contributed by atoms with van der Waals surface area (Å²) >= 11 is 0. The number of benzene rings is 1. The van der Waals surface area contributed by atoms with Crippen molar-refractivity contribution >= 4 is 0 Å². The molecule has 0 spiro atoms. The molecule has 1 saturated heterocycles. The van der Waals surface area contributed by atoms with E-state index in [1.54, 1.807) is 7.11 Å². The summed E-state index contributed by atoms with van der Waals surface area (Å²) in [6, 6.07) is 7.66. The lowest BCUT2D eigenvalue weighted by molar-refractivity contribution is 0.190. The maximum absolute atomic E-state index is 5.68. The molecule has 1 fully saturated rings. The Morgan fingerprint density at radius 2 is 2.09 bits per heavy atom. The number of hydrogen-bond donors (Lipinski definition) is 1. The summed E-state index contributed by atoms with van der Waals surface area (Å²) in [5.41, 5.74) is 0. The lowest BCUT2D eigenvalue weighted by Crippen LogP contribution is -2.44. The molecule has 0 bridgehead atoms. The van der Waals surface area contributed by atoms with Crippen molar-refractivity contribution in [2.24, 2.45) is 0 Å². The Morgan fingerprint density at radius 1 is 1.30 bits per heavy atom. The molecule has 1 aromatic heterocycles. The molecule has 1 aliphatic heterocycles. The van der Waals surface area contributed by atoms with Crippen LogP contribution in [0.5, 0.6) is 11.5 Å². The van der Waals surface area contributed by atoms with Crippen molar-refractivity contribution in [1.29, 1.82) is 0 Å². The van der Waals surface area contributed by atoms with E-state index < -0.39 is 0 Å². The number of ether oxygens (including phenoxy) is 2. The standard InChI is InChI=1S/C16H22N4O3/c1-20-9-8-17-11-14(20)16-18-15(23-19-16)7-10-22-13-5-3-12(21-2)4-6-13/h3-6,14,17H,7-11H2,1-2H3. The van der Waals surface area contributed by atoms with Gasteiger partial charge in [0.2, 0.25) is 5.89 Å². The average molecular weight is 318 g/mol. The molecule has 7 heteroatoms. The predicted octanol–water partition coefficient (Wildman–Crippen LogP) is 1.28. The number of piperazine rings is 1. The number of likely N-dealkylation sites (N-methyl/N-ethyl adjacent to an activating group) is 1. The second-order valence-electron chi connectivity index (χ2n) is 5.52. The molecule has 0 saturated carbocycles. The highest BCUT2D eigenvalue weighted by atomic mass is 16.5. The Balaban J connectivity index is 1.50. The highest BCUT2D eigenvalue weighted by Gasteiger charge is 2.25. The quantitative estimate of drug-likeness (QED) is 0.860. The molecule has 7 nitrogen and oxygen atoms in total. The van der Waals surface area contributed by atoms with Crippen molar-refractivity contribution in [3.05, 3.63) is 36.0 Å². The molecule has 0 radical (unpaired) electrons. The molecular formula is C16H22N4O3. The fourth-order valence-electron chi connectivity index (χ4n) is 2.53. The average Bonchev–Trinajstić information content (AvgIpc) is 3.04. The minimum absolute atomic E-state index is 0.170. The molecule has 23 heavy (non-hydrogen) atoms. The van der Waals surface area contributed by atoms with Gasteiger partial charge >= 0.3 is 0 Å². The van der Waals surface area contributed by atoms with Crippen LogP contribution in [-0.2, 0) is 6.42 Å². The van der Waals surface area contributed by atoms with E-state index in [4.69, 9.17) is 14.0 Å². The van der Waals surface area contributed by atoms with E-state index in [0.29, 0.717) is 18.9 Å². The minimum Gasteiger partial charge on any atom is -0.497 e. The Bertz CT molecular complexity index is 614. The normalized spacial score (nSPS) is 18.8. The van der Waals surface area contributed by atoms with Gasteiger partial charge in [-0.1, -0.05) is 5.16 Å². The van der Waals surface area contributed by atoms with Crippen LogP contribution in [0.4, 0.5) is 0 Å². The highest BCUT2D eigenvalue weighted by molar-refractivity contribution is 5.31. The molecule has 1 atom stereocenters. The smallest absolute Gasteiger partial charge is 0.230 e. The largest absolute Gasteiger partial charge is 0.497 e. The molecule has 0 aliphatic carbocycles. The molecular weight excluding hydrogens is 296 g/mol. The van der Waals surface area contributed by atoms with Gasteiger partial charge in [0.1, 0.15) is 11.5 Å². The van der Waals surface area contributed by atoms with Crippen LogP contribution < -0.4 is 14.8 Å². The van der Waals surface area contributed by atoms with Crippen LogP contribution in [0, 0.1) is 0 Å². The molecule has 1 unspecified atom stereocenters. The van der Waals surface area contributed by atoms with Gasteiger partial charge in [0.05, 0.1) is 26.2 Å². The molecule has 2 aromatic rings. The summed E-state index contributed by atoms with van der Waals surface area (Å²) in [4.78, 5) is 6.72. The van der Waals surface area contributed by atoms with Gasteiger partial charge in [-0.25, -0.2) is 0 Å². The van der Waals surface area contributed by atoms with Crippen molar-refractivity contribution in [3.8, 4) is 11.5 Å². The van der Waals surface area contributed by atoms with Gasteiger partial charge in [0.15, 0.2) is 5.82 Å². The lowest BCUT2D eigenvalue weighted by atomic mass is 10.2. The first-order chi connectivity index (χ1) is 11.3. The predicted molar refractivity (Wildman–Crippen MR) is 84.7 cm³/mol. The maximum atomic E-state index is 5.68. The van der Waals surface area contributed by atoms with Crippen molar-refractivity contribution < 1.29 is 14.0 Å². The van der Waals surface area contributed by atoms with E-state index in [0.717, 1.165) is 37.0 Å². The van der Waals surface area contributed by atoms with E-state index in [9.17, 15) is 0 Å². The summed E-state index contributed by atoms with van der Waals surface area (Å²) in [5.74, 6) is 2.94. The van der Waals surface area contributed by atoms with Crippen LogP contribution in [0.25, 0.3) is 0 Å².